The van der Waals surface area contributed by atoms with Gasteiger partial charge in [-0.1, -0.05) is 58.0 Å². The summed E-state index contributed by atoms with van der Waals surface area (Å²) in [5.41, 5.74) is 0.244. The highest BCUT2D eigenvalue weighted by atomic mass is 16.6. The fourth-order valence-electron chi connectivity index (χ4n) is 4.97. The fourth-order valence-corrected chi connectivity index (χ4v) is 4.97. The summed E-state index contributed by atoms with van der Waals surface area (Å²) in [5, 5.41) is 19.8. The average molecular weight is 577 g/mol. The van der Waals surface area contributed by atoms with Gasteiger partial charge in [-0.2, -0.15) is 0 Å². The van der Waals surface area contributed by atoms with Crippen molar-refractivity contribution >= 4 is 18.1 Å². The topological polar surface area (TPSA) is 129 Å². The van der Waals surface area contributed by atoms with E-state index in [1.54, 1.807) is 20.8 Å². The predicted molar refractivity (Wildman–Crippen MR) is 159 cm³/mol. The van der Waals surface area contributed by atoms with Crippen LogP contribution in [0.5, 0.6) is 0 Å². The molecular weight excluding hydrogens is 524 g/mol. The summed E-state index contributed by atoms with van der Waals surface area (Å²) in [5.74, 6) is 0.191. The Morgan fingerprint density at radius 3 is 2.27 bits per heavy atom. The van der Waals surface area contributed by atoms with Crippen LogP contribution in [0.25, 0.3) is 0 Å². The Kier molecular flexibility index (Phi) is 13.9. The third-order valence-electron chi connectivity index (χ3n) is 6.71. The van der Waals surface area contributed by atoms with E-state index in [1.165, 1.54) is 0 Å². The lowest BCUT2D eigenvalue weighted by atomic mass is 10.0. The Balaban J connectivity index is 1.95. The molecule has 41 heavy (non-hydrogen) atoms. The molecule has 0 saturated carbocycles. The van der Waals surface area contributed by atoms with Gasteiger partial charge in [-0.3, -0.25) is 9.69 Å². The van der Waals surface area contributed by atoms with Gasteiger partial charge in [-0.15, -0.1) is 0 Å². The maximum Gasteiger partial charge on any atom is 0.408 e. The minimum Gasteiger partial charge on any atom is -0.445 e. The lowest BCUT2D eigenvalue weighted by Crippen LogP contribution is -2.54. The van der Waals surface area contributed by atoms with Crippen LogP contribution in [0.4, 0.5) is 9.59 Å². The van der Waals surface area contributed by atoms with E-state index >= 15 is 0 Å². The maximum absolute atomic E-state index is 13.2. The number of β-amino-alcohol motifs (C(OH)–C–C–N with tert-alkyl or cyclic N) is 1. The Hall–Kier alpha value is -2.85. The average Bonchev–Trinajstić information content (AvgIpc) is 3.01. The van der Waals surface area contributed by atoms with Gasteiger partial charge in [0.2, 0.25) is 5.91 Å². The summed E-state index contributed by atoms with van der Waals surface area (Å²) in [6.45, 7) is 15.3. The largest absolute Gasteiger partial charge is 0.445 e. The molecule has 2 rings (SSSR count). The molecule has 0 radical (unpaired) electrons. The Morgan fingerprint density at radius 2 is 1.66 bits per heavy atom. The second-order valence-corrected chi connectivity index (χ2v) is 12.9. The van der Waals surface area contributed by atoms with Crippen LogP contribution >= 0.6 is 0 Å². The van der Waals surface area contributed by atoms with Crippen molar-refractivity contribution in [1.29, 1.82) is 0 Å². The van der Waals surface area contributed by atoms with Gasteiger partial charge in [0.1, 0.15) is 18.2 Å². The van der Waals surface area contributed by atoms with Crippen molar-refractivity contribution in [3.8, 4) is 0 Å². The number of nitrogens with zero attached hydrogens (tertiary/aromatic N) is 1. The Bertz CT molecular complexity index is 950. The second kappa shape index (κ2) is 16.6. The minimum absolute atomic E-state index is 0.148. The first-order valence-electron chi connectivity index (χ1n) is 14.9. The third-order valence-corrected chi connectivity index (χ3v) is 6.71. The molecule has 10 heteroatoms. The number of amides is 3. The molecule has 1 heterocycles. The summed E-state index contributed by atoms with van der Waals surface area (Å²) in [4.78, 5) is 40.3. The predicted octanol–water partition coefficient (Wildman–Crippen LogP) is 4.21. The zero-order valence-corrected chi connectivity index (χ0v) is 25.9. The molecule has 0 bridgehead atoms. The fraction of sp³-hybridized carbons (Fsp3) is 0.710. The lowest BCUT2D eigenvalue weighted by Gasteiger charge is -2.30. The number of carbonyl (C=O) groups is 3. The van der Waals surface area contributed by atoms with Gasteiger partial charge in [0.15, 0.2) is 0 Å². The summed E-state index contributed by atoms with van der Waals surface area (Å²) in [6, 6.07) is 8.18. The SMILES string of the molecule is CC(C)CC(CN1CCCC(NC(=O)C(CC(C)C)NC(=O)OC(C)(C)C)C(O)C1)NC(=O)OCc1ccccc1. The number of likely N-dealkylation sites (tertiary alicyclic amines) is 1. The molecule has 4 N–H and O–H groups in total. The zero-order chi connectivity index (χ0) is 30.6. The second-order valence-electron chi connectivity index (χ2n) is 12.9. The van der Waals surface area contributed by atoms with Crippen LogP contribution in [0.3, 0.4) is 0 Å². The van der Waals surface area contributed by atoms with E-state index in [0.29, 0.717) is 31.8 Å². The molecule has 3 amide bonds. The minimum atomic E-state index is -0.799. The first-order valence-corrected chi connectivity index (χ1v) is 14.9. The number of hydrogen-bond donors (Lipinski definition) is 4. The van der Waals surface area contributed by atoms with Crippen molar-refractivity contribution in [2.24, 2.45) is 11.8 Å². The number of rotatable bonds is 12. The molecule has 1 aromatic rings. The van der Waals surface area contributed by atoms with Crippen molar-refractivity contribution < 1.29 is 29.0 Å². The number of aliphatic hydroxyl groups excluding tert-OH is 1. The standard InChI is InChI=1S/C31H52N4O6/c1-21(2)16-24(32-29(38)40-20-23-12-9-8-10-13-23)18-35-15-11-14-25(27(36)19-35)33-28(37)26(17-22(3)4)34-30(39)41-31(5,6)7/h8-10,12-13,21-22,24-27,36H,11,14-20H2,1-7H3,(H,32,38)(H,33,37)(H,34,39). The van der Waals surface area contributed by atoms with Crippen LogP contribution in [0.2, 0.25) is 0 Å². The number of nitrogens with one attached hydrogen (secondary N) is 3. The number of carbonyl (C=O) groups excluding carboxylic acids is 3. The van der Waals surface area contributed by atoms with Crippen molar-refractivity contribution in [2.45, 2.75) is 111 Å². The number of aliphatic hydroxyl groups is 1. The first kappa shape index (κ1) is 34.4. The Labute approximate surface area is 245 Å². The van der Waals surface area contributed by atoms with Crippen LogP contribution in [0, 0.1) is 11.8 Å². The zero-order valence-electron chi connectivity index (χ0n) is 25.9. The molecule has 1 aromatic carbocycles. The number of alkyl carbamates (subject to hydrolysis) is 2. The van der Waals surface area contributed by atoms with E-state index in [9.17, 15) is 19.5 Å². The van der Waals surface area contributed by atoms with Gasteiger partial charge >= 0.3 is 12.2 Å². The molecule has 1 saturated heterocycles. The molecule has 1 fully saturated rings. The van der Waals surface area contributed by atoms with Crippen LogP contribution < -0.4 is 16.0 Å². The van der Waals surface area contributed by atoms with E-state index in [1.807, 2.05) is 44.2 Å². The van der Waals surface area contributed by atoms with Gasteiger partial charge in [-0.25, -0.2) is 9.59 Å². The monoisotopic (exact) mass is 576 g/mol. The van der Waals surface area contributed by atoms with Crippen LogP contribution in [0.15, 0.2) is 30.3 Å². The van der Waals surface area contributed by atoms with Crippen LogP contribution in [-0.2, 0) is 20.9 Å². The number of hydrogen-bond acceptors (Lipinski definition) is 7. The highest BCUT2D eigenvalue weighted by Crippen LogP contribution is 2.16. The molecule has 1 aliphatic heterocycles. The molecule has 0 aliphatic carbocycles. The first-order chi connectivity index (χ1) is 19.2. The van der Waals surface area contributed by atoms with Crippen LogP contribution in [-0.4, -0.2) is 77.6 Å². The van der Waals surface area contributed by atoms with E-state index in [0.717, 1.165) is 24.9 Å². The molecule has 232 valence electrons. The molecule has 4 unspecified atom stereocenters. The van der Waals surface area contributed by atoms with Gasteiger partial charge in [0.05, 0.1) is 12.1 Å². The van der Waals surface area contributed by atoms with Crippen molar-refractivity contribution in [3.05, 3.63) is 35.9 Å². The normalized spacial score (nSPS) is 19.7. The lowest BCUT2D eigenvalue weighted by molar-refractivity contribution is -0.125. The van der Waals surface area contributed by atoms with Crippen molar-refractivity contribution in [3.63, 3.8) is 0 Å². The van der Waals surface area contributed by atoms with E-state index < -0.39 is 36.0 Å². The molecule has 4 atom stereocenters. The van der Waals surface area contributed by atoms with Gasteiger partial charge in [-0.05, 0) is 70.4 Å². The van der Waals surface area contributed by atoms with E-state index in [-0.39, 0.29) is 24.5 Å². The molecule has 1 aliphatic rings. The summed E-state index contributed by atoms with van der Waals surface area (Å²) < 4.78 is 10.8. The Morgan fingerprint density at radius 1 is 1.00 bits per heavy atom. The summed E-state index contributed by atoms with van der Waals surface area (Å²) >= 11 is 0. The smallest absolute Gasteiger partial charge is 0.408 e. The molecule has 0 aromatic heterocycles. The van der Waals surface area contributed by atoms with Crippen molar-refractivity contribution in [2.75, 3.05) is 19.6 Å². The van der Waals surface area contributed by atoms with E-state index in [4.69, 9.17) is 9.47 Å². The quantitative estimate of drug-likeness (QED) is 0.293. The van der Waals surface area contributed by atoms with Gasteiger partial charge in [0.25, 0.3) is 0 Å². The van der Waals surface area contributed by atoms with Gasteiger partial charge in [0, 0.05) is 19.1 Å². The highest BCUT2D eigenvalue weighted by molar-refractivity contribution is 5.86. The molecule has 10 nitrogen and oxygen atoms in total. The van der Waals surface area contributed by atoms with Gasteiger partial charge < -0.3 is 30.5 Å². The highest BCUT2D eigenvalue weighted by Gasteiger charge is 2.32. The van der Waals surface area contributed by atoms with E-state index in [2.05, 4.69) is 34.7 Å². The van der Waals surface area contributed by atoms with Crippen molar-refractivity contribution in [1.82, 2.24) is 20.9 Å². The third kappa shape index (κ3) is 14.1. The van der Waals surface area contributed by atoms with Crippen LogP contribution in [0.1, 0.15) is 79.7 Å². The summed E-state index contributed by atoms with van der Waals surface area (Å²) in [7, 11) is 0. The molecular formula is C31H52N4O6. The number of ether oxygens (including phenoxy) is 2. The number of benzene rings is 1. The maximum atomic E-state index is 13.2. The summed E-state index contributed by atoms with van der Waals surface area (Å²) in [6.07, 6.45) is 0.677. The molecule has 0 spiro atoms.